The van der Waals surface area contributed by atoms with Gasteiger partial charge in [0, 0.05) is 12.6 Å². The summed E-state index contributed by atoms with van der Waals surface area (Å²) in [5.74, 6) is 0.445. The first-order chi connectivity index (χ1) is 11.7. The Balaban J connectivity index is 1.64. The fourth-order valence-corrected chi connectivity index (χ4v) is 2.84. The molecule has 4 rings (SSSR count). The fraction of sp³-hybridized carbons (Fsp3) is 0.176. The van der Waals surface area contributed by atoms with Crippen molar-refractivity contribution in [1.29, 1.82) is 0 Å². The third kappa shape index (κ3) is 2.71. The highest BCUT2D eigenvalue weighted by atomic mass is 15.3. The maximum absolute atomic E-state index is 5.87. The molecule has 0 unspecified atom stereocenters. The lowest BCUT2D eigenvalue weighted by atomic mass is 10.1. The quantitative estimate of drug-likeness (QED) is 0.600. The first-order valence-electron chi connectivity index (χ1n) is 7.72. The van der Waals surface area contributed by atoms with Crippen LogP contribution in [0, 0.1) is 6.92 Å². The molecular formula is C17H17N7. The number of rotatable bonds is 4. The highest BCUT2D eigenvalue weighted by Crippen LogP contribution is 2.20. The minimum Gasteiger partial charge on any atom is -0.384 e. The molecule has 4 aromatic rings. The first-order valence-corrected chi connectivity index (χ1v) is 7.72. The molecule has 24 heavy (non-hydrogen) atoms. The highest BCUT2D eigenvalue weighted by molar-refractivity contribution is 5.76. The molecule has 120 valence electrons. The number of anilines is 1. The zero-order valence-corrected chi connectivity index (χ0v) is 13.3. The first kappa shape index (κ1) is 14.4. The van der Waals surface area contributed by atoms with Gasteiger partial charge >= 0.3 is 0 Å². The summed E-state index contributed by atoms with van der Waals surface area (Å²) in [7, 11) is 0. The van der Waals surface area contributed by atoms with E-state index in [9.17, 15) is 0 Å². The van der Waals surface area contributed by atoms with E-state index in [1.807, 2.05) is 35.9 Å². The van der Waals surface area contributed by atoms with Crippen molar-refractivity contribution in [2.45, 2.75) is 19.9 Å². The molecule has 3 N–H and O–H groups in total. The summed E-state index contributed by atoms with van der Waals surface area (Å²) >= 11 is 0. The van der Waals surface area contributed by atoms with E-state index in [-0.39, 0.29) is 0 Å². The number of hydrogen-bond donors (Lipinski definition) is 2. The normalized spacial score (nSPS) is 11.2. The van der Waals surface area contributed by atoms with Crippen molar-refractivity contribution in [2.24, 2.45) is 0 Å². The number of aryl methyl sites for hydroxylation is 1. The average molecular weight is 319 g/mol. The van der Waals surface area contributed by atoms with Crippen LogP contribution in [-0.2, 0) is 13.0 Å². The summed E-state index contributed by atoms with van der Waals surface area (Å²) in [5.41, 5.74) is 11.5. The third-order valence-electron chi connectivity index (χ3n) is 4.01. The minimum absolute atomic E-state index is 0.445. The molecule has 7 nitrogen and oxygen atoms in total. The Hall–Kier alpha value is -3.22. The Morgan fingerprint density at radius 1 is 1.12 bits per heavy atom. The molecule has 0 saturated carbocycles. The average Bonchev–Trinajstić information content (AvgIpc) is 3.15. The van der Waals surface area contributed by atoms with Crippen molar-refractivity contribution < 1.29 is 0 Å². The second-order valence-corrected chi connectivity index (χ2v) is 5.80. The maximum atomic E-state index is 5.87. The molecule has 0 amide bonds. The predicted octanol–water partition coefficient (Wildman–Crippen LogP) is 2.08. The van der Waals surface area contributed by atoms with E-state index < -0.39 is 0 Å². The maximum Gasteiger partial charge on any atom is 0.203 e. The lowest BCUT2D eigenvalue weighted by Gasteiger charge is -2.02. The minimum atomic E-state index is 0.445. The molecule has 0 aliphatic heterocycles. The van der Waals surface area contributed by atoms with E-state index in [0.29, 0.717) is 17.9 Å². The van der Waals surface area contributed by atoms with E-state index in [4.69, 9.17) is 5.73 Å². The Morgan fingerprint density at radius 3 is 2.79 bits per heavy atom. The summed E-state index contributed by atoms with van der Waals surface area (Å²) in [5, 5.41) is 15.4. The van der Waals surface area contributed by atoms with Crippen LogP contribution in [0.5, 0.6) is 0 Å². The van der Waals surface area contributed by atoms with Gasteiger partial charge in [0.15, 0.2) is 0 Å². The molecule has 0 aliphatic rings. The van der Waals surface area contributed by atoms with Crippen molar-refractivity contribution in [3.05, 3.63) is 65.0 Å². The molecule has 0 bridgehead atoms. The molecule has 0 saturated heterocycles. The van der Waals surface area contributed by atoms with Gasteiger partial charge in [-0.2, -0.15) is 15.4 Å². The van der Waals surface area contributed by atoms with E-state index in [1.165, 1.54) is 5.56 Å². The predicted molar refractivity (Wildman–Crippen MR) is 91.4 cm³/mol. The Labute approximate surface area is 138 Å². The zero-order valence-electron chi connectivity index (χ0n) is 13.3. The smallest absolute Gasteiger partial charge is 0.203 e. The number of nitrogens with zero attached hydrogens (tertiary/aromatic N) is 5. The van der Waals surface area contributed by atoms with Gasteiger partial charge in [0.05, 0.1) is 12.2 Å². The Kier molecular flexibility index (Phi) is 3.45. The van der Waals surface area contributed by atoms with Gasteiger partial charge in [0.25, 0.3) is 0 Å². The van der Waals surface area contributed by atoms with Gasteiger partial charge in [-0.05, 0) is 29.7 Å². The summed E-state index contributed by atoms with van der Waals surface area (Å²) in [6, 6.07) is 12.1. The van der Waals surface area contributed by atoms with Crippen molar-refractivity contribution in [3.8, 4) is 0 Å². The summed E-state index contributed by atoms with van der Waals surface area (Å²) in [6.45, 7) is 2.76. The monoisotopic (exact) mass is 319 g/mol. The van der Waals surface area contributed by atoms with Gasteiger partial charge in [-0.1, -0.05) is 30.3 Å². The Bertz CT molecular complexity index is 985. The largest absolute Gasteiger partial charge is 0.384 e. The summed E-state index contributed by atoms with van der Waals surface area (Å²) in [6.07, 6.45) is 2.77. The van der Waals surface area contributed by atoms with Crippen LogP contribution in [0.4, 0.5) is 5.82 Å². The highest BCUT2D eigenvalue weighted by Gasteiger charge is 2.12. The van der Waals surface area contributed by atoms with E-state index in [1.54, 1.807) is 0 Å². The van der Waals surface area contributed by atoms with Crippen molar-refractivity contribution >= 4 is 17.0 Å². The molecule has 1 aromatic carbocycles. The molecule has 3 aromatic heterocycles. The van der Waals surface area contributed by atoms with Crippen molar-refractivity contribution in [3.63, 3.8) is 0 Å². The van der Waals surface area contributed by atoms with Crippen LogP contribution in [0.3, 0.4) is 0 Å². The molecule has 3 heterocycles. The van der Waals surface area contributed by atoms with Gasteiger partial charge in [-0.15, -0.1) is 5.10 Å². The number of hydrogen-bond acceptors (Lipinski definition) is 5. The zero-order chi connectivity index (χ0) is 16.5. The van der Waals surface area contributed by atoms with Gasteiger partial charge in [0.2, 0.25) is 5.65 Å². The topological polar surface area (TPSA) is 98.3 Å². The number of nitrogens with two attached hydrogens (primary N) is 1. The second-order valence-electron chi connectivity index (χ2n) is 5.80. The van der Waals surface area contributed by atoms with Crippen LogP contribution >= 0.6 is 0 Å². The van der Waals surface area contributed by atoms with Crippen molar-refractivity contribution in [2.75, 3.05) is 5.73 Å². The van der Waals surface area contributed by atoms with Crippen LogP contribution in [0.15, 0.2) is 42.6 Å². The number of benzene rings is 1. The summed E-state index contributed by atoms with van der Waals surface area (Å²) in [4.78, 5) is 4.17. The van der Waals surface area contributed by atoms with Crippen LogP contribution in [0.25, 0.3) is 11.2 Å². The SMILES string of the molecule is Cc1nn(Cc2ccccc2)cc1Cc1cc(N)nc2n[nH]nc12. The van der Waals surface area contributed by atoms with Gasteiger partial charge in [0.1, 0.15) is 11.3 Å². The lowest BCUT2D eigenvalue weighted by Crippen LogP contribution is -1.99. The molecular weight excluding hydrogens is 302 g/mol. The molecule has 0 fully saturated rings. The van der Waals surface area contributed by atoms with Gasteiger partial charge in [-0.3, -0.25) is 4.68 Å². The van der Waals surface area contributed by atoms with Crippen LogP contribution < -0.4 is 5.73 Å². The van der Waals surface area contributed by atoms with Crippen LogP contribution in [0.2, 0.25) is 0 Å². The van der Waals surface area contributed by atoms with Crippen LogP contribution in [0.1, 0.15) is 22.4 Å². The van der Waals surface area contributed by atoms with E-state index >= 15 is 0 Å². The number of nitrogens with one attached hydrogen (secondary N) is 1. The number of pyridine rings is 1. The number of aromatic amines is 1. The van der Waals surface area contributed by atoms with Gasteiger partial charge < -0.3 is 5.73 Å². The molecule has 0 atom stereocenters. The number of nitrogen functional groups attached to an aromatic ring is 1. The van der Waals surface area contributed by atoms with E-state index in [0.717, 1.165) is 28.9 Å². The number of aromatic nitrogens is 6. The summed E-state index contributed by atoms with van der Waals surface area (Å²) < 4.78 is 1.96. The van der Waals surface area contributed by atoms with E-state index in [2.05, 4.69) is 43.8 Å². The second kappa shape index (κ2) is 5.77. The molecule has 7 heteroatoms. The number of fused-ring (bicyclic) bond motifs is 1. The fourth-order valence-electron chi connectivity index (χ4n) is 2.84. The lowest BCUT2D eigenvalue weighted by molar-refractivity contribution is 0.679. The van der Waals surface area contributed by atoms with Crippen LogP contribution in [-0.4, -0.2) is 30.2 Å². The molecule has 0 aliphatic carbocycles. The molecule has 0 spiro atoms. The van der Waals surface area contributed by atoms with Gasteiger partial charge in [-0.25, -0.2) is 4.98 Å². The number of H-pyrrole nitrogens is 1. The third-order valence-corrected chi connectivity index (χ3v) is 4.01. The Morgan fingerprint density at radius 2 is 1.96 bits per heavy atom. The molecule has 0 radical (unpaired) electrons. The van der Waals surface area contributed by atoms with Crippen molar-refractivity contribution in [1.82, 2.24) is 30.2 Å². The standard InChI is InChI=1S/C17H17N7/c1-11-14(10-24(22-11)9-12-5-3-2-4-6-12)7-13-8-15(18)19-17-16(13)20-23-21-17/h2-6,8,10H,7,9H2,1H3,(H3,18,19,20,21,23).